The van der Waals surface area contributed by atoms with Crippen molar-refractivity contribution in [1.82, 2.24) is 9.80 Å². The van der Waals surface area contributed by atoms with Gasteiger partial charge in [0.1, 0.15) is 5.83 Å². The van der Waals surface area contributed by atoms with Crippen LogP contribution in [0.25, 0.3) is 0 Å². The molecule has 0 bridgehead atoms. The molecule has 1 aliphatic rings. The van der Waals surface area contributed by atoms with Gasteiger partial charge in [0.2, 0.25) is 0 Å². The zero-order valence-electron chi connectivity index (χ0n) is 9.96. The van der Waals surface area contributed by atoms with Crippen molar-refractivity contribution in [2.75, 3.05) is 26.2 Å². The lowest BCUT2D eigenvalue weighted by Crippen LogP contribution is -2.48. The lowest BCUT2D eigenvalue weighted by molar-refractivity contribution is 0.130. The number of halogens is 1. The highest BCUT2D eigenvalue weighted by atomic mass is 19.1. The average Bonchev–Trinajstić information content (AvgIpc) is 2.27. The van der Waals surface area contributed by atoms with Crippen LogP contribution in [0.1, 0.15) is 20.8 Å². The summed E-state index contributed by atoms with van der Waals surface area (Å²) in [7, 11) is 0. The molecule has 0 aromatic rings. The predicted octanol–water partition coefficient (Wildman–Crippen LogP) is 2.40. The molecule has 1 fully saturated rings. The molecule has 0 radical (unpaired) electrons. The van der Waals surface area contributed by atoms with Crippen LogP contribution in [0.2, 0.25) is 0 Å². The second-order valence-corrected chi connectivity index (χ2v) is 4.20. The summed E-state index contributed by atoms with van der Waals surface area (Å²) in [4.78, 5) is 4.42. The number of hydrogen-bond donors (Lipinski definition) is 0. The van der Waals surface area contributed by atoms with Gasteiger partial charge in [0.05, 0.1) is 5.70 Å². The lowest BCUT2D eigenvalue weighted by atomic mass is 10.2. The summed E-state index contributed by atoms with van der Waals surface area (Å²) in [5.74, 6) is -0.201. The summed E-state index contributed by atoms with van der Waals surface area (Å²) in [6, 6.07) is 0.576. The molecule has 86 valence electrons. The van der Waals surface area contributed by atoms with E-state index in [9.17, 15) is 4.39 Å². The fourth-order valence-corrected chi connectivity index (χ4v) is 1.83. The van der Waals surface area contributed by atoms with Gasteiger partial charge in [0.15, 0.2) is 0 Å². The maximum atomic E-state index is 13.3. The lowest BCUT2D eigenvalue weighted by Gasteiger charge is -2.38. The van der Waals surface area contributed by atoms with Gasteiger partial charge in [-0.1, -0.05) is 6.58 Å². The van der Waals surface area contributed by atoms with Gasteiger partial charge in [-0.15, -0.1) is 0 Å². The standard InChI is InChI=1S/C12H21FN2/c1-5-12(13)11(4)15-8-6-14(7-9-15)10(2)3/h5,10H,4,6-9H2,1-3H3/b12-5+. The molecule has 0 aromatic heterocycles. The van der Waals surface area contributed by atoms with Crippen molar-refractivity contribution in [2.24, 2.45) is 0 Å². The Balaban J connectivity index is 2.47. The fraction of sp³-hybridized carbons (Fsp3) is 0.667. The number of rotatable bonds is 3. The van der Waals surface area contributed by atoms with Gasteiger partial charge < -0.3 is 4.90 Å². The molecule has 0 atom stereocenters. The van der Waals surface area contributed by atoms with E-state index in [1.165, 1.54) is 6.08 Å². The highest BCUT2D eigenvalue weighted by Gasteiger charge is 2.20. The average molecular weight is 212 g/mol. The van der Waals surface area contributed by atoms with Crippen molar-refractivity contribution in [3.63, 3.8) is 0 Å². The van der Waals surface area contributed by atoms with Crippen LogP contribution in [-0.2, 0) is 0 Å². The molecule has 1 rings (SSSR count). The van der Waals surface area contributed by atoms with Crippen LogP contribution in [0.3, 0.4) is 0 Å². The molecular formula is C12H21FN2. The second-order valence-electron chi connectivity index (χ2n) is 4.20. The number of nitrogens with zero attached hydrogens (tertiary/aromatic N) is 2. The Labute approximate surface area is 92.1 Å². The maximum absolute atomic E-state index is 13.3. The molecule has 0 unspecified atom stereocenters. The first kappa shape index (κ1) is 12.2. The van der Waals surface area contributed by atoms with E-state index in [4.69, 9.17) is 0 Å². The first-order chi connectivity index (χ1) is 7.06. The van der Waals surface area contributed by atoms with Crippen molar-refractivity contribution in [3.8, 4) is 0 Å². The normalized spacial score (nSPS) is 19.8. The molecule has 1 aliphatic heterocycles. The Hall–Kier alpha value is -0.830. The molecule has 1 saturated heterocycles. The molecule has 0 aliphatic carbocycles. The van der Waals surface area contributed by atoms with Crippen LogP contribution >= 0.6 is 0 Å². The van der Waals surface area contributed by atoms with E-state index in [2.05, 4.69) is 25.3 Å². The Morgan fingerprint density at radius 1 is 1.27 bits per heavy atom. The van der Waals surface area contributed by atoms with Crippen molar-refractivity contribution >= 4 is 0 Å². The zero-order valence-corrected chi connectivity index (χ0v) is 9.96. The van der Waals surface area contributed by atoms with Crippen LogP contribution in [0.5, 0.6) is 0 Å². The molecule has 0 saturated carbocycles. The highest BCUT2D eigenvalue weighted by Crippen LogP contribution is 2.17. The van der Waals surface area contributed by atoms with Gasteiger partial charge in [-0.3, -0.25) is 4.90 Å². The van der Waals surface area contributed by atoms with E-state index >= 15 is 0 Å². The Bertz CT molecular complexity index is 250. The van der Waals surface area contributed by atoms with E-state index in [1.807, 2.05) is 4.90 Å². The van der Waals surface area contributed by atoms with E-state index < -0.39 is 0 Å². The smallest absolute Gasteiger partial charge is 0.141 e. The van der Waals surface area contributed by atoms with Gasteiger partial charge in [-0.25, -0.2) is 4.39 Å². The molecule has 0 spiro atoms. The van der Waals surface area contributed by atoms with Crippen LogP contribution in [0.4, 0.5) is 4.39 Å². The molecule has 0 aromatic carbocycles. The molecule has 15 heavy (non-hydrogen) atoms. The van der Waals surface area contributed by atoms with Crippen LogP contribution in [0, 0.1) is 0 Å². The van der Waals surface area contributed by atoms with Gasteiger partial charge in [0.25, 0.3) is 0 Å². The molecule has 3 heteroatoms. The summed E-state index contributed by atoms with van der Waals surface area (Å²) in [5.41, 5.74) is 0.529. The van der Waals surface area contributed by atoms with E-state index in [0.717, 1.165) is 26.2 Å². The van der Waals surface area contributed by atoms with E-state index in [0.29, 0.717) is 11.7 Å². The van der Waals surface area contributed by atoms with Crippen molar-refractivity contribution in [2.45, 2.75) is 26.8 Å². The summed E-state index contributed by atoms with van der Waals surface area (Å²) < 4.78 is 13.3. The summed E-state index contributed by atoms with van der Waals surface area (Å²) in [6.45, 7) is 13.6. The SMILES string of the molecule is C=C(/C(F)=C\C)N1CCN(C(C)C)CC1. The maximum Gasteiger partial charge on any atom is 0.141 e. The fourth-order valence-electron chi connectivity index (χ4n) is 1.83. The Morgan fingerprint density at radius 2 is 1.80 bits per heavy atom. The molecule has 0 N–H and O–H groups in total. The van der Waals surface area contributed by atoms with Crippen molar-refractivity contribution in [1.29, 1.82) is 0 Å². The highest BCUT2D eigenvalue weighted by molar-refractivity contribution is 5.20. The quantitative estimate of drug-likeness (QED) is 0.663. The number of piperazine rings is 1. The summed E-state index contributed by atoms with van der Waals surface area (Å²) >= 11 is 0. The van der Waals surface area contributed by atoms with Gasteiger partial charge in [-0.2, -0.15) is 0 Å². The summed E-state index contributed by atoms with van der Waals surface area (Å²) in [6.07, 6.45) is 1.47. The third-order valence-electron chi connectivity index (χ3n) is 2.96. The topological polar surface area (TPSA) is 6.48 Å². The van der Waals surface area contributed by atoms with E-state index in [1.54, 1.807) is 6.92 Å². The van der Waals surface area contributed by atoms with Crippen LogP contribution < -0.4 is 0 Å². The molecule has 1 heterocycles. The predicted molar refractivity (Wildman–Crippen MR) is 62.3 cm³/mol. The third kappa shape index (κ3) is 3.06. The van der Waals surface area contributed by atoms with Crippen molar-refractivity contribution < 1.29 is 4.39 Å². The number of hydrogen-bond acceptors (Lipinski definition) is 2. The first-order valence-corrected chi connectivity index (χ1v) is 5.56. The largest absolute Gasteiger partial charge is 0.367 e. The van der Waals surface area contributed by atoms with Gasteiger partial charge >= 0.3 is 0 Å². The minimum absolute atomic E-state index is 0.201. The molecule has 2 nitrogen and oxygen atoms in total. The Morgan fingerprint density at radius 3 is 2.20 bits per heavy atom. The van der Waals surface area contributed by atoms with Crippen LogP contribution in [-0.4, -0.2) is 42.0 Å². The van der Waals surface area contributed by atoms with E-state index in [-0.39, 0.29) is 5.83 Å². The first-order valence-electron chi connectivity index (χ1n) is 5.56. The minimum Gasteiger partial charge on any atom is -0.367 e. The Kier molecular flexibility index (Phi) is 4.33. The zero-order chi connectivity index (χ0) is 11.4. The third-order valence-corrected chi connectivity index (χ3v) is 2.96. The van der Waals surface area contributed by atoms with Gasteiger partial charge in [0, 0.05) is 32.2 Å². The summed E-state index contributed by atoms with van der Waals surface area (Å²) in [5, 5.41) is 0. The molecular weight excluding hydrogens is 191 g/mol. The second kappa shape index (κ2) is 5.31. The monoisotopic (exact) mass is 212 g/mol. The number of allylic oxidation sites excluding steroid dienone is 2. The van der Waals surface area contributed by atoms with Gasteiger partial charge in [-0.05, 0) is 26.8 Å². The minimum atomic E-state index is -0.201. The van der Waals surface area contributed by atoms with Crippen LogP contribution in [0.15, 0.2) is 24.2 Å². The molecule has 0 amide bonds. The van der Waals surface area contributed by atoms with Crippen molar-refractivity contribution in [3.05, 3.63) is 24.2 Å².